The summed E-state index contributed by atoms with van der Waals surface area (Å²) >= 11 is 11.7. The lowest BCUT2D eigenvalue weighted by Crippen LogP contribution is -2.51. The van der Waals surface area contributed by atoms with E-state index in [9.17, 15) is 8.42 Å². The number of aromatic nitrogens is 2. The maximum absolute atomic E-state index is 13.3. The highest BCUT2D eigenvalue weighted by molar-refractivity contribution is 7.89. The fourth-order valence-corrected chi connectivity index (χ4v) is 6.14. The van der Waals surface area contributed by atoms with Crippen molar-refractivity contribution < 1.29 is 8.42 Å². The number of allylic oxidation sites excluding steroid dienone is 1. The third-order valence-corrected chi connectivity index (χ3v) is 7.43. The first kappa shape index (κ1) is 17.1. The van der Waals surface area contributed by atoms with Crippen LogP contribution >= 0.6 is 23.2 Å². The van der Waals surface area contributed by atoms with Gasteiger partial charge in [-0.3, -0.25) is 5.10 Å². The van der Waals surface area contributed by atoms with Crippen LogP contribution in [-0.2, 0) is 16.4 Å². The fourth-order valence-electron chi connectivity index (χ4n) is 3.99. The van der Waals surface area contributed by atoms with Crippen molar-refractivity contribution in [2.45, 2.75) is 36.2 Å². The van der Waals surface area contributed by atoms with Crippen LogP contribution in [0, 0.1) is 5.92 Å². The average molecular weight is 398 g/mol. The number of fused-ring (bicyclic) bond motifs is 4. The number of benzene rings is 1. The summed E-state index contributed by atoms with van der Waals surface area (Å²) in [6.45, 7) is 0. The van der Waals surface area contributed by atoms with Gasteiger partial charge in [0, 0.05) is 34.3 Å². The van der Waals surface area contributed by atoms with E-state index in [0.717, 1.165) is 17.7 Å². The molecule has 2 aliphatic rings. The minimum absolute atomic E-state index is 0.120. The third kappa shape index (κ3) is 2.91. The number of aromatic amines is 1. The Morgan fingerprint density at radius 1 is 1.24 bits per heavy atom. The molecule has 4 rings (SSSR count). The standard InChI is InChI=1S/C17H17Cl2N3O2S/c18-6-5-11-7-13-9-16-15(10-20-21-16)17(8-11)22(13)25(23,24)14-3-1-12(19)2-4-14/h1-6,10-11,13,17H,7-9H2,(H,20,21)/b6-5+. The van der Waals surface area contributed by atoms with E-state index in [1.165, 1.54) is 5.54 Å². The van der Waals surface area contributed by atoms with Crippen LogP contribution in [-0.4, -0.2) is 29.0 Å². The van der Waals surface area contributed by atoms with Gasteiger partial charge in [0.15, 0.2) is 0 Å². The summed E-state index contributed by atoms with van der Waals surface area (Å²) < 4.78 is 28.3. The van der Waals surface area contributed by atoms with E-state index >= 15 is 0 Å². The van der Waals surface area contributed by atoms with Crippen LogP contribution in [0.2, 0.25) is 5.02 Å². The van der Waals surface area contributed by atoms with Crippen LogP contribution in [0.3, 0.4) is 0 Å². The van der Waals surface area contributed by atoms with E-state index in [1.54, 1.807) is 34.8 Å². The molecule has 1 saturated heterocycles. The van der Waals surface area contributed by atoms with Crippen LogP contribution in [0.4, 0.5) is 0 Å². The van der Waals surface area contributed by atoms with E-state index in [0.29, 0.717) is 17.9 Å². The molecule has 2 bridgehead atoms. The Morgan fingerprint density at radius 3 is 2.72 bits per heavy atom. The van der Waals surface area contributed by atoms with Crippen molar-refractivity contribution in [3.63, 3.8) is 0 Å². The van der Waals surface area contributed by atoms with Gasteiger partial charge < -0.3 is 0 Å². The molecule has 2 aliphatic heterocycles. The molecular formula is C17H17Cl2N3O2S. The van der Waals surface area contributed by atoms with Crippen molar-refractivity contribution in [1.82, 2.24) is 14.5 Å². The van der Waals surface area contributed by atoms with Crippen LogP contribution in [0.1, 0.15) is 30.1 Å². The summed E-state index contributed by atoms with van der Waals surface area (Å²) in [5.41, 5.74) is 3.52. The van der Waals surface area contributed by atoms with Crippen LogP contribution in [0.25, 0.3) is 0 Å². The summed E-state index contributed by atoms with van der Waals surface area (Å²) in [6, 6.07) is 5.99. The van der Waals surface area contributed by atoms with Crippen LogP contribution in [0.15, 0.2) is 47.0 Å². The highest BCUT2D eigenvalue weighted by Gasteiger charge is 2.47. The fraction of sp³-hybridized carbons (Fsp3) is 0.353. The van der Waals surface area contributed by atoms with Gasteiger partial charge in [-0.1, -0.05) is 29.3 Å². The number of nitrogens with zero attached hydrogens (tertiary/aromatic N) is 2. The monoisotopic (exact) mass is 397 g/mol. The van der Waals surface area contributed by atoms with E-state index < -0.39 is 10.0 Å². The minimum Gasteiger partial charge on any atom is -0.282 e. The Bertz CT molecular complexity index is 908. The van der Waals surface area contributed by atoms with Gasteiger partial charge in [-0.2, -0.15) is 9.40 Å². The second kappa shape index (κ2) is 6.43. The minimum atomic E-state index is -3.62. The average Bonchev–Trinajstić information content (AvgIpc) is 3.03. The Kier molecular flexibility index (Phi) is 4.40. The van der Waals surface area contributed by atoms with Crippen molar-refractivity contribution in [3.8, 4) is 0 Å². The normalized spacial score (nSPS) is 26.7. The summed E-state index contributed by atoms with van der Waals surface area (Å²) in [6.07, 6.45) is 5.77. The first-order chi connectivity index (χ1) is 12.0. The SMILES string of the molecule is O=S(=O)(c1ccc(Cl)cc1)N1C2Cc3[nH]ncc3C1CC(/C=C/Cl)C2. The smallest absolute Gasteiger partial charge is 0.243 e. The van der Waals surface area contributed by atoms with E-state index in [2.05, 4.69) is 10.2 Å². The Hall–Kier alpha value is -1.34. The molecule has 5 nitrogen and oxygen atoms in total. The number of piperidine rings is 1. The highest BCUT2D eigenvalue weighted by Crippen LogP contribution is 2.46. The van der Waals surface area contributed by atoms with Crippen molar-refractivity contribution >= 4 is 33.2 Å². The van der Waals surface area contributed by atoms with Gasteiger partial charge in [-0.15, -0.1) is 0 Å². The van der Waals surface area contributed by atoms with Crippen molar-refractivity contribution in [3.05, 3.63) is 58.4 Å². The predicted octanol–water partition coefficient (Wildman–Crippen LogP) is 3.88. The molecule has 1 aromatic carbocycles. The Balaban J connectivity index is 1.78. The molecule has 1 aromatic heterocycles. The summed E-state index contributed by atoms with van der Waals surface area (Å²) in [4.78, 5) is 0.269. The molecule has 1 N–H and O–H groups in total. The van der Waals surface area contributed by atoms with Gasteiger partial charge in [-0.25, -0.2) is 8.42 Å². The maximum atomic E-state index is 13.3. The quantitative estimate of drug-likeness (QED) is 0.853. The molecule has 8 heteroatoms. The number of halogens is 2. The van der Waals surface area contributed by atoms with Crippen molar-refractivity contribution in [2.24, 2.45) is 5.92 Å². The maximum Gasteiger partial charge on any atom is 0.243 e. The summed E-state index contributed by atoms with van der Waals surface area (Å²) in [5.74, 6) is 0.257. The number of hydrogen-bond donors (Lipinski definition) is 1. The second-order valence-corrected chi connectivity index (χ2v) is 9.05. The van der Waals surface area contributed by atoms with Crippen molar-refractivity contribution in [1.29, 1.82) is 0 Å². The number of hydrogen-bond acceptors (Lipinski definition) is 3. The van der Waals surface area contributed by atoms with E-state index in [-0.39, 0.29) is 22.9 Å². The lowest BCUT2D eigenvalue weighted by molar-refractivity contribution is 0.136. The van der Waals surface area contributed by atoms with Gasteiger partial charge >= 0.3 is 0 Å². The predicted molar refractivity (Wildman–Crippen MR) is 97.0 cm³/mol. The Labute approximate surface area is 156 Å². The van der Waals surface area contributed by atoms with E-state index in [4.69, 9.17) is 23.2 Å². The van der Waals surface area contributed by atoms with Gasteiger partial charge in [0.25, 0.3) is 0 Å². The number of rotatable bonds is 3. The lowest BCUT2D eigenvalue weighted by Gasteiger charge is -2.46. The molecule has 0 aliphatic carbocycles. The van der Waals surface area contributed by atoms with E-state index in [1.807, 2.05) is 6.08 Å². The Morgan fingerprint density at radius 2 is 2.00 bits per heavy atom. The zero-order valence-corrected chi connectivity index (χ0v) is 15.6. The zero-order chi connectivity index (χ0) is 17.6. The van der Waals surface area contributed by atoms with Gasteiger partial charge in [0.05, 0.1) is 17.1 Å². The molecule has 3 unspecified atom stereocenters. The third-order valence-electron chi connectivity index (χ3n) is 5.05. The summed E-state index contributed by atoms with van der Waals surface area (Å²) in [5, 5.41) is 7.66. The first-order valence-electron chi connectivity index (χ1n) is 8.09. The molecule has 0 amide bonds. The molecule has 0 radical (unpaired) electrons. The molecule has 3 heterocycles. The molecule has 0 spiro atoms. The van der Waals surface area contributed by atoms with Crippen molar-refractivity contribution in [2.75, 3.05) is 0 Å². The molecule has 3 atom stereocenters. The van der Waals surface area contributed by atoms with Gasteiger partial charge in [0.1, 0.15) is 0 Å². The van der Waals surface area contributed by atoms with Crippen LogP contribution in [0.5, 0.6) is 0 Å². The number of nitrogens with one attached hydrogen (secondary N) is 1. The van der Waals surface area contributed by atoms with Gasteiger partial charge in [0.2, 0.25) is 10.0 Å². The van der Waals surface area contributed by atoms with Gasteiger partial charge in [-0.05, 0) is 43.0 Å². The molecule has 25 heavy (non-hydrogen) atoms. The molecule has 1 fully saturated rings. The first-order valence-corrected chi connectivity index (χ1v) is 10.3. The second-order valence-electron chi connectivity index (χ2n) is 6.52. The summed E-state index contributed by atoms with van der Waals surface area (Å²) in [7, 11) is -3.62. The number of sulfonamides is 1. The molecular weight excluding hydrogens is 381 g/mol. The molecule has 0 saturated carbocycles. The lowest BCUT2D eigenvalue weighted by atomic mass is 9.79. The zero-order valence-electron chi connectivity index (χ0n) is 13.3. The highest BCUT2D eigenvalue weighted by atomic mass is 35.5. The molecule has 132 valence electrons. The van der Waals surface area contributed by atoms with Crippen LogP contribution < -0.4 is 0 Å². The molecule has 2 aromatic rings. The number of H-pyrrole nitrogens is 1. The topological polar surface area (TPSA) is 66.1 Å². The largest absolute Gasteiger partial charge is 0.282 e.